The van der Waals surface area contributed by atoms with Gasteiger partial charge in [-0.2, -0.15) is 0 Å². The number of hydrogen-bond acceptors (Lipinski definition) is 16. The van der Waals surface area contributed by atoms with Crippen LogP contribution in [0, 0.1) is 0 Å². The van der Waals surface area contributed by atoms with E-state index in [0.717, 1.165) is 0 Å². The summed E-state index contributed by atoms with van der Waals surface area (Å²) in [6, 6.07) is 31.2. The fourth-order valence-electron chi connectivity index (χ4n) is 7.18. The maximum Gasteiger partial charge on any atom is 0.181 e. The quantitative estimate of drug-likeness (QED) is 0.0815. The van der Waals surface area contributed by atoms with Crippen LogP contribution in [0.2, 0.25) is 0 Å². The van der Waals surface area contributed by atoms with Crippen molar-refractivity contribution in [3.05, 3.63) is 155 Å². The first kappa shape index (κ1) is 50.9. The Balaban J connectivity index is 0.000000171. The first-order valence-corrected chi connectivity index (χ1v) is 22.0. The number of Topliss-reactive ketones (excluding diaryl/α,β-unsaturated/α-hetero) is 6. The van der Waals surface area contributed by atoms with Gasteiger partial charge in [-0.05, 0) is 30.3 Å². The Hall–Kier alpha value is -8.53. The second kappa shape index (κ2) is 24.5. The van der Waals surface area contributed by atoms with Crippen molar-refractivity contribution < 1.29 is 72.5 Å². The molecule has 4 heterocycles. The summed E-state index contributed by atoms with van der Waals surface area (Å²) < 4.78 is 32.2. The number of hydrogen-bond donors (Lipinski definition) is 3. The Labute approximate surface area is 403 Å². The van der Waals surface area contributed by atoms with Gasteiger partial charge in [0, 0.05) is 74.0 Å². The Morgan fingerprint density at radius 3 is 0.971 bits per heavy atom. The molecule has 0 saturated heterocycles. The first-order chi connectivity index (χ1) is 33.4. The fraction of sp³-hybridized carbons (Fsp3) is 0.241. The van der Waals surface area contributed by atoms with Crippen LogP contribution in [-0.2, 0) is 0 Å². The number of nitrogens with zero attached hydrogens (tertiary/aromatic N) is 1. The zero-order chi connectivity index (χ0) is 48.7. The number of pyridine rings is 1. The van der Waals surface area contributed by atoms with Crippen LogP contribution in [0.3, 0.4) is 0 Å². The van der Waals surface area contributed by atoms with E-state index in [1.807, 2.05) is 12.1 Å². The number of ether oxygens (including phenoxy) is 6. The highest BCUT2D eigenvalue weighted by atomic mass is 16.6. The van der Waals surface area contributed by atoms with Gasteiger partial charge in [0.1, 0.15) is 62.6 Å². The zero-order valence-electron chi connectivity index (χ0n) is 37.2. The standard InChI is InChI=1S/2C18H16O5.C17H15NO5.CH4/c2*19-14(12-4-2-1-3-5-12)6-7-15(20)13-10-17-18(11-16(13)21)23-9-8-22-17;19-13(4-5-14(20)12-3-1-2-6-18-12)11-9-16-17(10-15(11)21)23-8-7-22-16;/h2*1-5,10-11,21H,6-9H2;1-3,6,9-10,21H,4-5,7-8H2;1H4. The highest BCUT2D eigenvalue weighted by Gasteiger charge is 2.23. The van der Waals surface area contributed by atoms with E-state index in [-0.39, 0.29) is 115 Å². The Morgan fingerprint density at radius 2 is 0.657 bits per heavy atom. The largest absolute Gasteiger partial charge is 0.507 e. The number of aromatic hydroxyl groups is 3. The van der Waals surface area contributed by atoms with Crippen molar-refractivity contribution in [2.24, 2.45) is 0 Å². The van der Waals surface area contributed by atoms with Crippen molar-refractivity contribution in [3.8, 4) is 51.7 Å². The third kappa shape index (κ3) is 13.3. The van der Waals surface area contributed by atoms with Gasteiger partial charge in [-0.25, -0.2) is 0 Å². The van der Waals surface area contributed by atoms with E-state index in [2.05, 4.69) is 4.98 Å². The molecule has 9 rings (SSSR count). The fourth-order valence-corrected chi connectivity index (χ4v) is 7.18. The lowest BCUT2D eigenvalue weighted by Gasteiger charge is -2.19. The predicted molar refractivity (Wildman–Crippen MR) is 255 cm³/mol. The second-order valence-corrected chi connectivity index (χ2v) is 15.5. The van der Waals surface area contributed by atoms with Crippen molar-refractivity contribution in [2.45, 2.75) is 46.0 Å². The number of benzene rings is 5. The molecule has 3 N–H and O–H groups in total. The van der Waals surface area contributed by atoms with Crippen molar-refractivity contribution in [2.75, 3.05) is 39.6 Å². The molecule has 0 saturated carbocycles. The molecule has 16 nitrogen and oxygen atoms in total. The maximum atomic E-state index is 12.3. The SMILES string of the molecule is C.O=C(CCC(=O)c1cc2c(cc1O)OCCO2)c1ccccc1.O=C(CCC(=O)c1cc2c(cc1O)OCCO2)c1ccccc1.O=C(CCC(=O)c1cc2c(cc1O)OCCO2)c1ccccn1. The summed E-state index contributed by atoms with van der Waals surface area (Å²) in [5.41, 5.74) is 1.90. The lowest BCUT2D eigenvalue weighted by atomic mass is 10.0. The molecular formula is C54H51NO15. The summed E-state index contributed by atoms with van der Waals surface area (Å²) in [4.78, 5) is 76.8. The molecule has 70 heavy (non-hydrogen) atoms. The van der Waals surface area contributed by atoms with Crippen LogP contribution < -0.4 is 28.4 Å². The zero-order valence-corrected chi connectivity index (χ0v) is 37.2. The number of rotatable bonds is 15. The van der Waals surface area contributed by atoms with E-state index in [1.54, 1.807) is 66.7 Å². The Bertz CT molecular complexity index is 2520. The summed E-state index contributed by atoms with van der Waals surface area (Å²) >= 11 is 0. The van der Waals surface area contributed by atoms with Crippen LogP contribution in [0.15, 0.2) is 121 Å². The van der Waals surface area contributed by atoms with E-state index in [1.165, 1.54) is 42.6 Å². The minimum Gasteiger partial charge on any atom is -0.507 e. The number of phenolic OH excluding ortho intramolecular Hbond substituents is 3. The van der Waals surface area contributed by atoms with Gasteiger partial charge in [0.15, 0.2) is 69.2 Å². The average Bonchev–Trinajstić information content (AvgIpc) is 3.39. The van der Waals surface area contributed by atoms with Crippen molar-refractivity contribution in [3.63, 3.8) is 0 Å². The van der Waals surface area contributed by atoms with Gasteiger partial charge in [-0.1, -0.05) is 74.2 Å². The van der Waals surface area contributed by atoms with Crippen LogP contribution in [0.25, 0.3) is 0 Å². The van der Waals surface area contributed by atoms with Crippen LogP contribution in [0.5, 0.6) is 51.7 Å². The van der Waals surface area contributed by atoms with E-state index in [4.69, 9.17) is 28.4 Å². The number of aromatic nitrogens is 1. The monoisotopic (exact) mass is 953 g/mol. The van der Waals surface area contributed by atoms with Crippen LogP contribution in [-0.4, -0.2) is 94.6 Å². The van der Waals surface area contributed by atoms with Gasteiger partial charge in [-0.3, -0.25) is 33.8 Å². The molecule has 6 aromatic rings. The van der Waals surface area contributed by atoms with Crippen LogP contribution in [0.1, 0.15) is 108 Å². The van der Waals surface area contributed by atoms with E-state index >= 15 is 0 Å². The lowest BCUT2D eigenvalue weighted by Crippen LogP contribution is -2.16. The van der Waals surface area contributed by atoms with Crippen molar-refractivity contribution in [1.29, 1.82) is 0 Å². The molecule has 0 unspecified atom stereocenters. The molecule has 5 aromatic carbocycles. The summed E-state index contributed by atoms with van der Waals surface area (Å²) in [6.45, 7) is 2.41. The predicted octanol–water partition coefficient (Wildman–Crippen LogP) is 9.06. The normalized spacial score (nSPS) is 12.5. The van der Waals surface area contributed by atoms with Gasteiger partial charge >= 0.3 is 0 Å². The van der Waals surface area contributed by atoms with Gasteiger partial charge in [0.05, 0.1) is 16.7 Å². The lowest BCUT2D eigenvalue weighted by molar-refractivity contribution is 0.0912. The van der Waals surface area contributed by atoms with Crippen molar-refractivity contribution in [1.82, 2.24) is 4.98 Å². The summed E-state index contributed by atoms with van der Waals surface area (Å²) in [5.74, 6) is 0.708. The van der Waals surface area contributed by atoms with E-state index < -0.39 is 0 Å². The third-order valence-corrected chi connectivity index (χ3v) is 10.8. The Kier molecular flexibility index (Phi) is 17.8. The molecule has 0 amide bonds. The molecule has 3 aliphatic rings. The molecule has 16 heteroatoms. The summed E-state index contributed by atoms with van der Waals surface area (Å²) in [5, 5.41) is 29.9. The van der Waals surface area contributed by atoms with Gasteiger partial charge in [-0.15, -0.1) is 0 Å². The molecule has 0 fully saturated rings. The molecular weight excluding hydrogens is 903 g/mol. The highest BCUT2D eigenvalue weighted by molar-refractivity contribution is 6.05. The number of phenols is 3. The Morgan fingerprint density at radius 1 is 0.371 bits per heavy atom. The summed E-state index contributed by atoms with van der Waals surface area (Å²) in [6.07, 6.45) is 1.80. The molecule has 0 spiro atoms. The van der Waals surface area contributed by atoms with Crippen molar-refractivity contribution >= 4 is 34.7 Å². The smallest absolute Gasteiger partial charge is 0.181 e. The topological polar surface area (TPSA) is 231 Å². The molecule has 3 aliphatic heterocycles. The molecule has 362 valence electrons. The average molecular weight is 954 g/mol. The van der Waals surface area contributed by atoms with Crippen LogP contribution >= 0.6 is 0 Å². The number of ketones is 6. The maximum absolute atomic E-state index is 12.3. The number of carbonyl (C=O) groups excluding carboxylic acids is 6. The van der Waals surface area contributed by atoms with Crippen LogP contribution in [0.4, 0.5) is 0 Å². The second-order valence-electron chi connectivity index (χ2n) is 15.5. The van der Waals surface area contributed by atoms with E-state index in [9.17, 15) is 44.1 Å². The minimum absolute atomic E-state index is 0. The van der Waals surface area contributed by atoms with Gasteiger partial charge < -0.3 is 43.7 Å². The van der Waals surface area contributed by atoms with E-state index in [0.29, 0.717) is 91.0 Å². The summed E-state index contributed by atoms with van der Waals surface area (Å²) in [7, 11) is 0. The van der Waals surface area contributed by atoms with Gasteiger partial charge in [0.2, 0.25) is 0 Å². The minimum atomic E-state index is -0.330. The molecule has 0 bridgehead atoms. The highest BCUT2D eigenvalue weighted by Crippen LogP contribution is 2.39. The van der Waals surface area contributed by atoms with Gasteiger partial charge in [0.25, 0.3) is 0 Å². The molecule has 0 aliphatic carbocycles. The molecule has 1 aromatic heterocycles. The first-order valence-electron chi connectivity index (χ1n) is 22.0. The number of carbonyl (C=O) groups is 6. The third-order valence-electron chi connectivity index (χ3n) is 10.8. The number of fused-ring (bicyclic) bond motifs is 3. The molecule has 0 radical (unpaired) electrons. The molecule has 0 atom stereocenters.